The number of ether oxygens (including phenoxy) is 2. The van der Waals surface area contributed by atoms with E-state index < -0.39 is 26.5 Å². The van der Waals surface area contributed by atoms with E-state index in [9.17, 15) is 24.2 Å². The lowest BCUT2D eigenvalue weighted by Gasteiger charge is -2.24. The van der Waals surface area contributed by atoms with Gasteiger partial charge in [0.25, 0.3) is 0 Å². The number of rotatable bonds is 42. The summed E-state index contributed by atoms with van der Waals surface area (Å²) in [6.07, 6.45) is 44.4. The van der Waals surface area contributed by atoms with Gasteiger partial charge in [-0.05, 0) is 64.7 Å². The molecule has 0 aliphatic heterocycles. The van der Waals surface area contributed by atoms with E-state index in [0.717, 1.165) is 57.8 Å². The van der Waals surface area contributed by atoms with Crippen LogP contribution in [0.15, 0.2) is 48.6 Å². The Labute approximate surface area is 361 Å². The number of quaternary nitrogens is 1. The van der Waals surface area contributed by atoms with Crippen molar-refractivity contribution in [3.05, 3.63) is 48.6 Å². The number of phosphoric ester groups is 1. The smallest absolute Gasteiger partial charge is 0.462 e. The van der Waals surface area contributed by atoms with Crippen molar-refractivity contribution >= 4 is 19.8 Å². The van der Waals surface area contributed by atoms with Gasteiger partial charge in [0.2, 0.25) is 0 Å². The molecule has 0 amide bonds. The number of unbranched alkanes of at least 4 members (excludes halogenated alkanes) is 18. The first-order valence-corrected chi connectivity index (χ1v) is 24.9. The number of carbonyl (C=O) groups is 2. The van der Waals surface area contributed by atoms with Gasteiger partial charge in [0.1, 0.15) is 19.8 Å². The Bertz CT molecular complexity index is 1160. The van der Waals surface area contributed by atoms with Crippen LogP contribution in [0.2, 0.25) is 0 Å². The summed E-state index contributed by atoms with van der Waals surface area (Å²) in [7, 11) is 1.42. The molecule has 1 unspecified atom stereocenters. The molecule has 0 saturated carbocycles. The average Bonchev–Trinajstić information content (AvgIpc) is 3.17. The van der Waals surface area contributed by atoms with E-state index in [4.69, 9.17) is 18.5 Å². The summed E-state index contributed by atoms with van der Waals surface area (Å²) in [6.45, 7) is 3.91. The fraction of sp³-hybridized carbons (Fsp3) is 0.792. The minimum atomic E-state index is -4.40. The molecule has 0 radical (unpaired) electrons. The maximum Gasteiger partial charge on any atom is 0.472 e. The lowest BCUT2D eigenvalue weighted by atomic mass is 10.0. The van der Waals surface area contributed by atoms with E-state index in [-0.39, 0.29) is 38.1 Å². The minimum absolute atomic E-state index is 0.0155. The van der Waals surface area contributed by atoms with Crippen molar-refractivity contribution in [1.82, 2.24) is 0 Å². The van der Waals surface area contributed by atoms with Crippen LogP contribution in [0.25, 0.3) is 0 Å². The molecule has 10 nitrogen and oxygen atoms in total. The summed E-state index contributed by atoms with van der Waals surface area (Å²) < 4.78 is 34.3. The van der Waals surface area contributed by atoms with E-state index in [1.807, 2.05) is 34.1 Å². The van der Waals surface area contributed by atoms with Gasteiger partial charge in [0.15, 0.2) is 6.10 Å². The Kier molecular flexibility index (Phi) is 38.6. The first kappa shape index (κ1) is 56.9. The second-order valence-corrected chi connectivity index (χ2v) is 18.5. The van der Waals surface area contributed by atoms with Crippen LogP contribution in [0.5, 0.6) is 0 Å². The maximum absolute atomic E-state index is 12.7. The number of nitrogens with zero attached hydrogens (tertiary/aromatic N) is 1. The summed E-state index contributed by atoms with van der Waals surface area (Å²) in [5, 5.41) is 9.28. The zero-order valence-electron chi connectivity index (χ0n) is 38.3. The summed E-state index contributed by atoms with van der Waals surface area (Å²) in [5.74, 6) is -0.877. The number of hydrogen-bond donors (Lipinski definition) is 2. The molecule has 0 rings (SSSR count). The molecule has 0 saturated heterocycles. The normalized spacial score (nSPS) is 14.5. The van der Waals surface area contributed by atoms with E-state index in [1.165, 1.54) is 89.9 Å². The molecule has 344 valence electrons. The molecule has 2 N–H and O–H groups in total. The molecule has 0 heterocycles. The molecule has 59 heavy (non-hydrogen) atoms. The van der Waals surface area contributed by atoms with Crippen LogP contribution in [-0.2, 0) is 32.7 Å². The monoisotopic (exact) mass is 855 g/mol. The third-order valence-corrected chi connectivity index (χ3v) is 10.9. The van der Waals surface area contributed by atoms with Crippen LogP contribution >= 0.6 is 7.82 Å². The van der Waals surface area contributed by atoms with E-state index in [2.05, 4.69) is 49.5 Å². The Morgan fingerprint density at radius 2 is 1.03 bits per heavy atom. The molecule has 3 atom stereocenters. The lowest BCUT2D eigenvalue weighted by molar-refractivity contribution is -0.870. The van der Waals surface area contributed by atoms with Crippen molar-refractivity contribution < 1.29 is 47.2 Å². The third-order valence-electron chi connectivity index (χ3n) is 9.88. The molecule has 0 aromatic heterocycles. The van der Waals surface area contributed by atoms with Gasteiger partial charge in [0.05, 0.1) is 33.9 Å². The number of carbonyl (C=O) groups excluding carboxylic acids is 2. The lowest BCUT2D eigenvalue weighted by Crippen LogP contribution is -2.37. The van der Waals surface area contributed by atoms with Crippen molar-refractivity contribution in [2.45, 2.75) is 199 Å². The third kappa shape index (κ3) is 45.3. The van der Waals surface area contributed by atoms with Gasteiger partial charge in [-0.2, -0.15) is 0 Å². The van der Waals surface area contributed by atoms with Crippen LogP contribution in [0, 0.1) is 0 Å². The van der Waals surface area contributed by atoms with Crippen molar-refractivity contribution in [1.29, 1.82) is 0 Å². The number of aliphatic hydroxyl groups excluding tert-OH is 1. The standard InChI is InChI=1S/C48H88NO9P/c1-6-7-8-9-10-11-12-13-14-15-18-21-24-27-30-33-36-39-47(51)55-43-46(44-57-59(53,54)56-42-41-49(3,4)5)58-48(52)40-37-34-31-28-25-22-19-16-17-20-23-26-29-32-35-38-45(2)50/h17,19-20,22,26,28-29,31,45-46,50H,6-16,18,21,23-25,27,30,32-44H2,1-5H3/p+1/b20-17-,22-19-,29-26-,31-28-/t45-,46+/m0/s1. The molecule has 0 aliphatic rings. The fourth-order valence-corrected chi connectivity index (χ4v) is 6.94. The van der Waals surface area contributed by atoms with Gasteiger partial charge in [-0.15, -0.1) is 0 Å². The van der Waals surface area contributed by atoms with Gasteiger partial charge >= 0.3 is 19.8 Å². The summed E-state index contributed by atoms with van der Waals surface area (Å²) in [6, 6.07) is 0. The van der Waals surface area contributed by atoms with Crippen molar-refractivity contribution in [3.8, 4) is 0 Å². The van der Waals surface area contributed by atoms with Gasteiger partial charge in [0, 0.05) is 12.8 Å². The van der Waals surface area contributed by atoms with Crippen LogP contribution in [0.4, 0.5) is 0 Å². The second kappa shape index (κ2) is 40.0. The summed E-state index contributed by atoms with van der Waals surface area (Å²) >= 11 is 0. The number of likely N-dealkylation sites (N-methyl/N-ethyl adjacent to an activating group) is 1. The predicted octanol–water partition coefficient (Wildman–Crippen LogP) is 12.4. The van der Waals surface area contributed by atoms with Crippen molar-refractivity contribution in [2.75, 3.05) is 47.5 Å². The SMILES string of the molecule is CCCCCCCCCCCCCCCCCCCC(=O)OC[C@H](COP(=O)(O)OCC[N+](C)(C)C)OC(=O)CCC/C=C\C/C=C\C/C=C\C/C=C\CCC[C@H](C)O. The van der Waals surface area contributed by atoms with Gasteiger partial charge in [-0.3, -0.25) is 18.6 Å². The van der Waals surface area contributed by atoms with Crippen LogP contribution < -0.4 is 0 Å². The average molecular weight is 855 g/mol. The number of hydrogen-bond acceptors (Lipinski definition) is 8. The molecule has 0 fully saturated rings. The number of phosphoric acid groups is 1. The highest BCUT2D eigenvalue weighted by Crippen LogP contribution is 2.43. The highest BCUT2D eigenvalue weighted by molar-refractivity contribution is 7.47. The highest BCUT2D eigenvalue weighted by Gasteiger charge is 2.27. The van der Waals surface area contributed by atoms with Crippen LogP contribution in [0.1, 0.15) is 187 Å². The minimum Gasteiger partial charge on any atom is -0.462 e. The molecule has 11 heteroatoms. The molecule has 0 bridgehead atoms. The summed E-state index contributed by atoms with van der Waals surface area (Å²) in [4.78, 5) is 35.4. The second-order valence-electron chi connectivity index (χ2n) is 17.1. The Balaban J connectivity index is 4.40. The molecule has 0 aliphatic carbocycles. The number of esters is 2. The predicted molar refractivity (Wildman–Crippen MR) is 244 cm³/mol. The van der Waals surface area contributed by atoms with Gasteiger partial charge < -0.3 is 24.0 Å². The largest absolute Gasteiger partial charge is 0.472 e. The Morgan fingerprint density at radius 3 is 1.51 bits per heavy atom. The number of aliphatic hydroxyl groups is 1. The number of allylic oxidation sites excluding steroid dienone is 8. The Hall–Kier alpha value is -2.07. The molecular weight excluding hydrogens is 765 g/mol. The molecule has 0 aromatic rings. The van der Waals surface area contributed by atoms with Gasteiger partial charge in [-0.25, -0.2) is 4.57 Å². The Morgan fingerprint density at radius 1 is 0.593 bits per heavy atom. The summed E-state index contributed by atoms with van der Waals surface area (Å²) in [5.41, 5.74) is 0. The van der Waals surface area contributed by atoms with E-state index in [1.54, 1.807) is 0 Å². The first-order valence-electron chi connectivity index (χ1n) is 23.4. The van der Waals surface area contributed by atoms with Crippen molar-refractivity contribution in [2.24, 2.45) is 0 Å². The quantitative estimate of drug-likeness (QED) is 0.0203. The zero-order valence-corrected chi connectivity index (χ0v) is 39.2. The first-order chi connectivity index (χ1) is 28.3. The zero-order chi connectivity index (χ0) is 43.7. The molecular formula is C48H89NO9P+. The van der Waals surface area contributed by atoms with Crippen LogP contribution in [-0.4, -0.2) is 86.1 Å². The van der Waals surface area contributed by atoms with Crippen LogP contribution in [0.3, 0.4) is 0 Å². The fourth-order valence-electron chi connectivity index (χ4n) is 6.20. The molecule has 0 spiro atoms. The topological polar surface area (TPSA) is 129 Å². The maximum atomic E-state index is 12.7. The van der Waals surface area contributed by atoms with Crippen molar-refractivity contribution in [3.63, 3.8) is 0 Å². The van der Waals surface area contributed by atoms with E-state index in [0.29, 0.717) is 23.9 Å². The van der Waals surface area contributed by atoms with E-state index >= 15 is 0 Å². The highest BCUT2D eigenvalue weighted by atomic mass is 31.2. The molecule has 0 aromatic carbocycles. The van der Waals surface area contributed by atoms with Gasteiger partial charge in [-0.1, -0.05) is 158 Å².